The van der Waals surface area contributed by atoms with E-state index in [2.05, 4.69) is 25.5 Å². The molecule has 9 nitrogen and oxygen atoms in total. The van der Waals surface area contributed by atoms with Crippen LogP contribution in [0.3, 0.4) is 0 Å². The van der Waals surface area contributed by atoms with E-state index in [0.29, 0.717) is 40.8 Å². The number of benzene rings is 1. The van der Waals surface area contributed by atoms with Gasteiger partial charge >= 0.3 is 0 Å². The Labute approximate surface area is 197 Å². The molecule has 0 unspecified atom stereocenters. The van der Waals surface area contributed by atoms with E-state index in [-0.39, 0.29) is 11.7 Å². The van der Waals surface area contributed by atoms with Crippen molar-refractivity contribution in [3.8, 4) is 17.1 Å². The normalized spacial score (nSPS) is 11.0. The lowest BCUT2D eigenvalue weighted by atomic mass is 10.1. The standard InChI is InChI=1S/C24H27FN8O/c1-7-18-22(16-8-10-17(25)11-9-16)32(6)30-23(18)28-19-12-20(27-13-26-19)33-15(3)21(14(2)29-33)24(34)31(4)5/h8-13H,7H2,1-6H3,(H,26,27,28,30). The van der Waals surface area contributed by atoms with Crippen molar-refractivity contribution in [2.24, 2.45) is 7.05 Å². The van der Waals surface area contributed by atoms with Crippen LogP contribution in [0.25, 0.3) is 17.1 Å². The minimum absolute atomic E-state index is 0.108. The molecule has 4 aromatic rings. The summed E-state index contributed by atoms with van der Waals surface area (Å²) in [5, 5.41) is 12.5. The Balaban J connectivity index is 1.70. The highest BCUT2D eigenvalue weighted by Crippen LogP contribution is 2.31. The van der Waals surface area contributed by atoms with E-state index >= 15 is 0 Å². The summed E-state index contributed by atoms with van der Waals surface area (Å²) in [6.07, 6.45) is 2.16. The number of carbonyl (C=O) groups excluding carboxylic acids is 1. The third-order valence-electron chi connectivity index (χ3n) is 5.64. The quantitative estimate of drug-likeness (QED) is 0.468. The van der Waals surface area contributed by atoms with Crippen molar-refractivity contribution in [2.75, 3.05) is 19.4 Å². The summed E-state index contributed by atoms with van der Waals surface area (Å²) in [6.45, 7) is 5.69. The maximum Gasteiger partial charge on any atom is 0.257 e. The molecule has 176 valence electrons. The molecule has 0 saturated heterocycles. The highest BCUT2D eigenvalue weighted by atomic mass is 19.1. The first-order valence-electron chi connectivity index (χ1n) is 10.9. The zero-order chi connectivity index (χ0) is 24.6. The molecule has 1 N–H and O–H groups in total. The van der Waals surface area contributed by atoms with Crippen LogP contribution in [-0.2, 0) is 13.5 Å². The average Bonchev–Trinajstić information content (AvgIpc) is 3.28. The number of amides is 1. The molecule has 10 heteroatoms. The molecule has 3 heterocycles. The van der Waals surface area contributed by atoms with Crippen molar-refractivity contribution in [1.82, 2.24) is 34.4 Å². The molecule has 3 aromatic heterocycles. The van der Waals surface area contributed by atoms with Crippen LogP contribution in [0.5, 0.6) is 0 Å². The molecule has 1 amide bonds. The van der Waals surface area contributed by atoms with Crippen LogP contribution >= 0.6 is 0 Å². The van der Waals surface area contributed by atoms with E-state index in [0.717, 1.165) is 16.8 Å². The number of carbonyl (C=O) groups is 1. The predicted octanol–water partition coefficient (Wildman–Crippen LogP) is 3.83. The van der Waals surface area contributed by atoms with E-state index in [1.54, 1.807) is 48.6 Å². The van der Waals surface area contributed by atoms with Gasteiger partial charge in [-0.05, 0) is 44.5 Å². The van der Waals surface area contributed by atoms with Gasteiger partial charge in [-0.1, -0.05) is 6.92 Å². The molecule has 0 spiro atoms. The summed E-state index contributed by atoms with van der Waals surface area (Å²) < 4.78 is 16.8. The van der Waals surface area contributed by atoms with Crippen LogP contribution in [0.1, 0.15) is 34.2 Å². The number of aromatic nitrogens is 6. The maximum absolute atomic E-state index is 13.4. The zero-order valence-electron chi connectivity index (χ0n) is 20.1. The van der Waals surface area contributed by atoms with Crippen molar-refractivity contribution in [3.05, 3.63) is 65.0 Å². The summed E-state index contributed by atoms with van der Waals surface area (Å²) in [4.78, 5) is 22.8. The number of aryl methyl sites for hydroxylation is 2. The largest absolute Gasteiger partial charge is 0.345 e. The van der Waals surface area contributed by atoms with Crippen LogP contribution in [0, 0.1) is 19.7 Å². The molecule has 4 rings (SSSR count). The van der Waals surface area contributed by atoms with Crippen molar-refractivity contribution in [1.29, 1.82) is 0 Å². The van der Waals surface area contributed by atoms with Gasteiger partial charge in [-0.3, -0.25) is 9.48 Å². The van der Waals surface area contributed by atoms with E-state index in [9.17, 15) is 9.18 Å². The van der Waals surface area contributed by atoms with Crippen LogP contribution in [-0.4, -0.2) is 54.4 Å². The molecular formula is C24H27FN8O. The fourth-order valence-electron chi connectivity index (χ4n) is 4.02. The fraction of sp³-hybridized carbons (Fsp3) is 0.292. The Morgan fingerprint density at radius 3 is 2.47 bits per heavy atom. The van der Waals surface area contributed by atoms with Crippen LogP contribution in [0.2, 0.25) is 0 Å². The Kier molecular flexibility index (Phi) is 6.14. The lowest BCUT2D eigenvalue weighted by Gasteiger charge is -2.11. The number of nitrogens with one attached hydrogen (secondary N) is 1. The fourth-order valence-corrected chi connectivity index (χ4v) is 4.02. The average molecular weight is 463 g/mol. The van der Waals surface area contributed by atoms with Crippen LogP contribution < -0.4 is 5.32 Å². The van der Waals surface area contributed by atoms with Gasteiger partial charge in [0.1, 0.15) is 18.0 Å². The molecule has 0 fully saturated rings. The van der Waals surface area contributed by atoms with Gasteiger partial charge in [0.2, 0.25) is 0 Å². The molecular weight excluding hydrogens is 435 g/mol. The van der Waals surface area contributed by atoms with E-state index < -0.39 is 0 Å². The van der Waals surface area contributed by atoms with Gasteiger partial charge in [-0.2, -0.15) is 10.2 Å². The molecule has 0 aliphatic carbocycles. The second kappa shape index (κ2) is 9.05. The summed E-state index contributed by atoms with van der Waals surface area (Å²) in [7, 11) is 5.28. The van der Waals surface area contributed by atoms with Gasteiger partial charge in [0.15, 0.2) is 11.6 Å². The molecule has 0 saturated carbocycles. The number of hydrogen-bond acceptors (Lipinski definition) is 6. The Morgan fingerprint density at radius 2 is 1.82 bits per heavy atom. The van der Waals surface area contributed by atoms with Crippen molar-refractivity contribution >= 4 is 17.5 Å². The minimum atomic E-state index is -0.282. The number of nitrogens with zero attached hydrogens (tertiary/aromatic N) is 7. The van der Waals surface area contributed by atoms with Crippen molar-refractivity contribution in [2.45, 2.75) is 27.2 Å². The van der Waals surface area contributed by atoms with Gasteiger partial charge in [-0.15, -0.1) is 0 Å². The first kappa shape index (κ1) is 23.1. The smallest absolute Gasteiger partial charge is 0.257 e. The summed E-state index contributed by atoms with van der Waals surface area (Å²) in [5.41, 5.74) is 4.66. The molecule has 1 aromatic carbocycles. The molecule has 0 radical (unpaired) electrons. The Bertz CT molecular complexity index is 1350. The highest BCUT2D eigenvalue weighted by molar-refractivity contribution is 5.96. The molecule has 34 heavy (non-hydrogen) atoms. The van der Waals surface area contributed by atoms with Gasteiger partial charge < -0.3 is 10.2 Å². The molecule has 0 atom stereocenters. The summed E-state index contributed by atoms with van der Waals surface area (Å²) in [5.74, 6) is 1.34. The second-order valence-electron chi connectivity index (χ2n) is 8.20. The number of hydrogen-bond donors (Lipinski definition) is 1. The Hall–Kier alpha value is -4.08. The molecule has 0 bridgehead atoms. The lowest BCUT2D eigenvalue weighted by molar-refractivity contribution is 0.0826. The van der Waals surface area contributed by atoms with Crippen molar-refractivity contribution in [3.63, 3.8) is 0 Å². The topological polar surface area (TPSA) is 93.8 Å². The minimum Gasteiger partial charge on any atom is -0.345 e. The third-order valence-corrected chi connectivity index (χ3v) is 5.64. The van der Waals surface area contributed by atoms with Crippen molar-refractivity contribution < 1.29 is 9.18 Å². The van der Waals surface area contributed by atoms with E-state index in [1.807, 2.05) is 20.9 Å². The van der Waals surface area contributed by atoms with E-state index in [4.69, 9.17) is 0 Å². The number of anilines is 2. The second-order valence-corrected chi connectivity index (χ2v) is 8.20. The third kappa shape index (κ3) is 4.14. The van der Waals surface area contributed by atoms with Crippen LogP contribution in [0.4, 0.5) is 16.0 Å². The lowest BCUT2D eigenvalue weighted by Crippen LogP contribution is -2.23. The number of halogens is 1. The van der Waals surface area contributed by atoms with Gasteiger partial charge in [-0.25, -0.2) is 19.0 Å². The first-order valence-corrected chi connectivity index (χ1v) is 10.9. The summed E-state index contributed by atoms with van der Waals surface area (Å²) >= 11 is 0. The van der Waals surface area contributed by atoms with E-state index in [1.165, 1.54) is 23.4 Å². The van der Waals surface area contributed by atoms with Gasteiger partial charge in [0.25, 0.3) is 5.91 Å². The van der Waals surface area contributed by atoms with Gasteiger partial charge in [0, 0.05) is 38.3 Å². The molecule has 0 aliphatic heterocycles. The Morgan fingerprint density at radius 1 is 1.12 bits per heavy atom. The van der Waals surface area contributed by atoms with Crippen LogP contribution in [0.15, 0.2) is 36.7 Å². The maximum atomic E-state index is 13.4. The van der Waals surface area contributed by atoms with Gasteiger partial charge in [0.05, 0.1) is 22.6 Å². The zero-order valence-corrected chi connectivity index (χ0v) is 20.1. The monoisotopic (exact) mass is 462 g/mol. The summed E-state index contributed by atoms with van der Waals surface area (Å²) in [6, 6.07) is 8.13. The SMILES string of the molecule is CCc1c(Nc2cc(-n3nc(C)c(C(=O)N(C)C)c3C)ncn2)nn(C)c1-c1ccc(F)cc1. The predicted molar refractivity (Wildman–Crippen MR) is 128 cm³/mol. The number of rotatable bonds is 6. The molecule has 0 aliphatic rings. The highest BCUT2D eigenvalue weighted by Gasteiger charge is 2.22. The first-order chi connectivity index (χ1) is 16.2.